The summed E-state index contributed by atoms with van der Waals surface area (Å²) in [4.78, 5) is 1.89. The van der Waals surface area contributed by atoms with Crippen molar-refractivity contribution in [2.75, 3.05) is 0 Å². The number of nitrogens with zero attached hydrogens (tertiary/aromatic N) is 4. The van der Waals surface area contributed by atoms with E-state index in [1.165, 1.54) is 20.4 Å². The Kier molecular flexibility index (Phi) is 4.08. The number of hydrogen-bond donors (Lipinski definition) is 0. The van der Waals surface area contributed by atoms with E-state index in [2.05, 4.69) is 81.7 Å². The van der Waals surface area contributed by atoms with Gasteiger partial charge in [0.05, 0.1) is 20.4 Å². The maximum Gasteiger partial charge on any atom is 0.211 e. The molecule has 2 aromatic carbocycles. The minimum absolute atomic E-state index is 0.887. The molecule has 0 radical (unpaired) electrons. The van der Waals surface area contributed by atoms with Crippen molar-refractivity contribution in [1.29, 1.82) is 0 Å². The van der Waals surface area contributed by atoms with Crippen LogP contribution in [0.2, 0.25) is 0 Å². The zero-order chi connectivity index (χ0) is 16.5. The molecular formula is C18H18N4S2. The summed E-state index contributed by atoms with van der Waals surface area (Å²) < 4.78 is 6.92. The van der Waals surface area contributed by atoms with Crippen molar-refractivity contribution in [2.24, 2.45) is 10.2 Å². The summed E-state index contributed by atoms with van der Waals surface area (Å²) >= 11 is 3.37. The van der Waals surface area contributed by atoms with Crippen molar-refractivity contribution < 1.29 is 0 Å². The van der Waals surface area contributed by atoms with E-state index in [4.69, 9.17) is 0 Å². The molecule has 0 bridgehead atoms. The van der Waals surface area contributed by atoms with Crippen molar-refractivity contribution in [3.8, 4) is 0 Å². The summed E-state index contributed by atoms with van der Waals surface area (Å²) in [7, 11) is 0. The highest BCUT2D eigenvalue weighted by Gasteiger charge is 2.05. The van der Waals surface area contributed by atoms with Crippen LogP contribution in [-0.4, -0.2) is 9.13 Å². The smallest absolute Gasteiger partial charge is 0.211 e. The van der Waals surface area contributed by atoms with Gasteiger partial charge in [0, 0.05) is 13.1 Å². The molecule has 4 aromatic rings. The van der Waals surface area contributed by atoms with Crippen LogP contribution in [0.3, 0.4) is 0 Å². The quantitative estimate of drug-likeness (QED) is 0.495. The van der Waals surface area contributed by atoms with Gasteiger partial charge in [0.25, 0.3) is 0 Å². The Morgan fingerprint density at radius 3 is 1.54 bits per heavy atom. The first kappa shape index (κ1) is 15.4. The van der Waals surface area contributed by atoms with Gasteiger partial charge in [-0.15, -0.1) is 10.2 Å². The van der Waals surface area contributed by atoms with Crippen molar-refractivity contribution >= 4 is 43.1 Å². The SMILES string of the molecule is CCn1/c(=N/N=c2\sc3ccccc3n2CC)sc2ccccc21. The van der Waals surface area contributed by atoms with E-state index in [0.29, 0.717) is 0 Å². The lowest BCUT2D eigenvalue weighted by Gasteiger charge is -1.99. The Bertz CT molecular complexity index is 1050. The monoisotopic (exact) mass is 354 g/mol. The first-order valence-corrected chi connectivity index (χ1v) is 9.69. The summed E-state index contributed by atoms with van der Waals surface area (Å²) in [5, 5.41) is 9.17. The van der Waals surface area contributed by atoms with Gasteiger partial charge in [0.2, 0.25) is 9.60 Å². The van der Waals surface area contributed by atoms with Gasteiger partial charge in [0.1, 0.15) is 0 Å². The molecule has 122 valence electrons. The predicted octanol–water partition coefficient (Wildman–Crippen LogP) is 4.18. The minimum Gasteiger partial charge on any atom is -0.315 e. The number of aryl methyl sites for hydroxylation is 2. The van der Waals surface area contributed by atoms with Gasteiger partial charge >= 0.3 is 0 Å². The second kappa shape index (κ2) is 6.37. The summed E-state index contributed by atoms with van der Waals surface area (Å²) in [6.07, 6.45) is 0. The van der Waals surface area contributed by atoms with Crippen molar-refractivity contribution in [1.82, 2.24) is 9.13 Å². The van der Waals surface area contributed by atoms with E-state index in [9.17, 15) is 0 Å². The molecule has 24 heavy (non-hydrogen) atoms. The zero-order valence-corrected chi connectivity index (χ0v) is 15.3. The summed E-state index contributed by atoms with van der Waals surface area (Å²) in [5.74, 6) is 0. The van der Waals surface area contributed by atoms with Gasteiger partial charge in [0.15, 0.2) is 0 Å². The number of aromatic nitrogens is 2. The van der Waals surface area contributed by atoms with Gasteiger partial charge in [-0.2, -0.15) is 0 Å². The number of hydrogen-bond acceptors (Lipinski definition) is 4. The molecule has 0 saturated heterocycles. The van der Waals surface area contributed by atoms with Gasteiger partial charge in [-0.05, 0) is 38.1 Å². The van der Waals surface area contributed by atoms with Crippen LogP contribution in [0.25, 0.3) is 20.4 Å². The number of fused-ring (bicyclic) bond motifs is 2. The molecule has 0 aliphatic carbocycles. The number of para-hydroxylation sites is 2. The van der Waals surface area contributed by atoms with Gasteiger partial charge < -0.3 is 9.13 Å². The van der Waals surface area contributed by atoms with Gasteiger partial charge in [-0.3, -0.25) is 0 Å². The number of rotatable bonds is 3. The summed E-state index contributed by atoms with van der Waals surface area (Å²) in [5.41, 5.74) is 2.44. The lowest BCUT2D eigenvalue weighted by Crippen LogP contribution is -2.16. The lowest BCUT2D eigenvalue weighted by molar-refractivity contribution is 0.733. The van der Waals surface area contributed by atoms with Gasteiger partial charge in [-0.1, -0.05) is 46.9 Å². The second-order valence-corrected chi connectivity index (χ2v) is 7.41. The van der Waals surface area contributed by atoms with Crippen LogP contribution >= 0.6 is 22.7 Å². The van der Waals surface area contributed by atoms with Crippen LogP contribution in [0.4, 0.5) is 0 Å². The molecule has 4 nitrogen and oxygen atoms in total. The third kappa shape index (κ3) is 2.52. The number of thiazole rings is 2. The molecule has 0 aliphatic heterocycles. The van der Waals surface area contributed by atoms with Crippen molar-refractivity contribution in [3.05, 3.63) is 58.1 Å². The first-order valence-electron chi connectivity index (χ1n) is 8.06. The van der Waals surface area contributed by atoms with Crippen molar-refractivity contribution in [2.45, 2.75) is 26.9 Å². The zero-order valence-electron chi connectivity index (χ0n) is 13.6. The fraction of sp³-hybridized carbons (Fsp3) is 0.222. The summed E-state index contributed by atoms with van der Waals surface area (Å²) in [6.45, 7) is 6.06. The largest absolute Gasteiger partial charge is 0.315 e. The molecular weight excluding hydrogens is 336 g/mol. The Hall–Kier alpha value is -2.18. The maximum absolute atomic E-state index is 4.58. The van der Waals surface area contributed by atoms with Crippen LogP contribution in [0.15, 0.2) is 58.7 Å². The molecule has 2 heterocycles. The molecule has 0 N–H and O–H groups in total. The van der Waals surface area contributed by atoms with Crippen LogP contribution in [0, 0.1) is 0 Å². The molecule has 6 heteroatoms. The van der Waals surface area contributed by atoms with E-state index in [-0.39, 0.29) is 0 Å². The average molecular weight is 355 g/mol. The topological polar surface area (TPSA) is 34.6 Å². The highest BCUT2D eigenvalue weighted by atomic mass is 32.1. The Morgan fingerprint density at radius 1 is 0.708 bits per heavy atom. The average Bonchev–Trinajstić information content (AvgIpc) is 3.16. The molecule has 2 aromatic heterocycles. The van der Waals surface area contributed by atoms with E-state index in [1.54, 1.807) is 22.7 Å². The third-order valence-corrected chi connectivity index (χ3v) is 6.13. The van der Waals surface area contributed by atoms with Crippen LogP contribution < -0.4 is 9.60 Å². The van der Waals surface area contributed by atoms with E-state index in [1.807, 2.05) is 0 Å². The predicted molar refractivity (Wildman–Crippen MR) is 102 cm³/mol. The number of benzene rings is 2. The molecule has 0 aliphatic rings. The standard InChI is InChI=1S/C18H18N4S2/c1-3-21-13-9-5-7-11-15(13)23-17(21)19-20-18-22(4-2)14-10-6-8-12-16(14)24-18/h5-12H,3-4H2,1-2H3/b19-17-,20-18-. The fourth-order valence-corrected chi connectivity index (χ4v) is 4.98. The highest BCUT2D eigenvalue weighted by Crippen LogP contribution is 2.17. The first-order chi connectivity index (χ1) is 11.8. The molecule has 0 amide bonds. The van der Waals surface area contributed by atoms with E-state index < -0.39 is 0 Å². The Morgan fingerprint density at radius 2 is 1.12 bits per heavy atom. The maximum atomic E-state index is 4.58. The van der Waals surface area contributed by atoms with Gasteiger partial charge in [-0.25, -0.2) is 0 Å². The van der Waals surface area contributed by atoms with Crippen LogP contribution in [-0.2, 0) is 13.1 Å². The lowest BCUT2D eigenvalue weighted by atomic mass is 10.3. The Balaban J connectivity index is 1.95. The second-order valence-electron chi connectivity index (χ2n) is 5.39. The normalized spacial score (nSPS) is 13.4. The molecule has 0 unspecified atom stereocenters. The molecule has 0 atom stereocenters. The van der Waals surface area contributed by atoms with E-state index >= 15 is 0 Å². The van der Waals surface area contributed by atoms with Crippen LogP contribution in [0.5, 0.6) is 0 Å². The minimum atomic E-state index is 0.887. The molecule has 0 saturated carbocycles. The fourth-order valence-electron chi connectivity index (χ4n) is 2.89. The van der Waals surface area contributed by atoms with Crippen LogP contribution in [0.1, 0.15) is 13.8 Å². The summed E-state index contributed by atoms with van der Waals surface area (Å²) in [6, 6.07) is 16.8. The molecule has 0 spiro atoms. The molecule has 4 rings (SSSR count). The van der Waals surface area contributed by atoms with Crippen molar-refractivity contribution in [3.63, 3.8) is 0 Å². The molecule has 0 fully saturated rings. The highest BCUT2D eigenvalue weighted by molar-refractivity contribution is 7.16. The Labute approximate surface area is 147 Å². The van der Waals surface area contributed by atoms with E-state index in [0.717, 1.165) is 22.7 Å². The third-order valence-electron chi connectivity index (χ3n) is 4.03.